The van der Waals surface area contributed by atoms with Gasteiger partial charge in [-0.3, -0.25) is 9.59 Å². The summed E-state index contributed by atoms with van der Waals surface area (Å²) in [6, 6.07) is 3.75. The highest BCUT2D eigenvalue weighted by molar-refractivity contribution is 6.30. The number of likely N-dealkylation sites (tertiary alicyclic amines) is 1. The molecule has 1 aromatic carbocycles. The van der Waals surface area contributed by atoms with Gasteiger partial charge in [-0.05, 0) is 37.1 Å². The Bertz CT molecular complexity index is 770. The summed E-state index contributed by atoms with van der Waals surface area (Å²) >= 11 is 5.89. The smallest absolute Gasteiger partial charge is 0.329 e. The number of carbonyl (C=O) groups is 3. The van der Waals surface area contributed by atoms with Gasteiger partial charge in [0.1, 0.15) is 18.0 Å². The summed E-state index contributed by atoms with van der Waals surface area (Å²) in [5, 5.41) is 12.7. The minimum Gasteiger partial charge on any atom is -0.507 e. The Morgan fingerprint density at radius 2 is 1.88 bits per heavy atom. The number of hydrogen-bond acceptors (Lipinski definition) is 4. The number of benzene rings is 1. The SMILES string of the molecule is O=C(CN1C(=O)N/C(=C\c2cc(Cl)ccc2O)C1=O)N1CCCCCC1. The molecule has 0 aromatic heterocycles. The van der Waals surface area contributed by atoms with Crippen molar-refractivity contribution in [1.82, 2.24) is 15.1 Å². The predicted octanol–water partition coefficient (Wildman–Crippen LogP) is 2.34. The van der Waals surface area contributed by atoms with Crippen LogP contribution in [0.4, 0.5) is 4.79 Å². The molecular formula is C18H20ClN3O4. The molecule has 0 aliphatic carbocycles. The molecule has 0 saturated carbocycles. The number of halogens is 1. The van der Waals surface area contributed by atoms with Crippen LogP contribution in [0.25, 0.3) is 6.08 Å². The molecule has 1 aromatic rings. The number of phenols is 1. The molecule has 8 heteroatoms. The fourth-order valence-electron chi connectivity index (χ4n) is 3.07. The van der Waals surface area contributed by atoms with Crippen molar-refractivity contribution in [2.45, 2.75) is 25.7 Å². The number of rotatable bonds is 3. The summed E-state index contributed by atoms with van der Waals surface area (Å²) in [5.41, 5.74) is 0.304. The van der Waals surface area contributed by atoms with E-state index in [1.54, 1.807) is 4.90 Å². The van der Waals surface area contributed by atoms with E-state index in [-0.39, 0.29) is 23.9 Å². The van der Waals surface area contributed by atoms with Crippen LogP contribution < -0.4 is 5.32 Å². The van der Waals surface area contributed by atoms with Gasteiger partial charge >= 0.3 is 6.03 Å². The fraction of sp³-hybridized carbons (Fsp3) is 0.389. The number of imide groups is 1. The van der Waals surface area contributed by atoms with Crippen molar-refractivity contribution in [1.29, 1.82) is 0 Å². The Morgan fingerprint density at radius 1 is 1.19 bits per heavy atom. The second-order valence-electron chi connectivity index (χ2n) is 6.38. The van der Waals surface area contributed by atoms with Gasteiger partial charge < -0.3 is 15.3 Å². The topological polar surface area (TPSA) is 90.0 Å². The Labute approximate surface area is 156 Å². The molecule has 2 heterocycles. The Morgan fingerprint density at radius 3 is 2.58 bits per heavy atom. The van der Waals surface area contributed by atoms with Crippen LogP contribution >= 0.6 is 11.6 Å². The third-order valence-corrected chi connectivity index (χ3v) is 4.74. The van der Waals surface area contributed by atoms with Crippen LogP contribution in [0, 0.1) is 0 Å². The molecule has 0 radical (unpaired) electrons. The fourth-order valence-corrected chi connectivity index (χ4v) is 3.25. The molecule has 2 aliphatic rings. The third-order valence-electron chi connectivity index (χ3n) is 4.50. The molecule has 0 bridgehead atoms. The van der Waals surface area contributed by atoms with Gasteiger partial charge in [-0.1, -0.05) is 24.4 Å². The lowest BCUT2D eigenvalue weighted by molar-refractivity contribution is -0.135. The summed E-state index contributed by atoms with van der Waals surface area (Å²) in [5.74, 6) is -0.900. The van der Waals surface area contributed by atoms with Gasteiger partial charge in [0, 0.05) is 23.7 Å². The average molecular weight is 378 g/mol. The first kappa shape index (κ1) is 18.3. The number of aromatic hydroxyl groups is 1. The highest BCUT2D eigenvalue weighted by Crippen LogP contribution is 2.25. The number of phenolic OH excluding ortho intramolecular Hbond substituents is 1. The number of nitrogens with zero attached hydrogens (tertiary/aromatic N) is 2. The molecule has 2 saturated heterocycles. The predicted molar refractivity (Wildman–Crippen MR) is 96.4 cm³/mol. The molecule has 0 unspecified atom stereocenters. The Kier molecular flexibility index (Phi) is 5.46. The summed E-state index contributed by atoms with van der Waals surface area (Å²) in [4.78, 5) is 39.6. The number of nitrogens with one attached hydrogen (secondary N) is 1. The number of carbonyl (C=O) groups excluding carboxylic acids is 3. The highest BCUT2D eigenvalue weighted by Gasteiger charge is 2.36. The van der Waals surface area contributed by atoms with Gasteiger partial charge in [0.15, 0.2) is 0 Å². The van der Waals surface area contributed by atoms with Gasteiger partial charge in [-0.2, -0.15) is 0 Å². The molecule has 2 N–H and O–H groups in total. The molecule has 7 nitrogen and oxygen atoms in total. The van der Waals surface area contributed by atoms with Crippen LogP contribution in [0.2, 0.25) is 5.02 Å². The van der Waals surface area contributed by atoms with E-state index >= 15 is 0 Å². The van der Waals surface area contributed by atoms with Gasteiger partial charge in [-0.15, -0.1) is 0 Å². The monoisotopic (exact) mass is 377 g/mol. The Balaban J connectivity index is 1.73. The largest absolute Gasteiger partial charge is 0.507 e. The van der Waals surface area contributed by atoms with E-state index in [4.69, 9.17) is 11.6 Å². The number of hydrogen-bond donors (Lipinski definition) is 2. The van der Waals surface area contributed by atoms with Gasteiger partial charge in [0.2, 0.25) is 5.91 Å². The van der Waals surface area contributed by atoms with Crippen LogP contribution in [-0.2, 0) is 9.59 Å². The first-order valence-corrected chi connectivity index (χ1v) is 8.94. The zero-order valence-corrected chi connectivity index (χ0v) is 15.0. The first-order valence-electron chi connectivity index (χ1n) is 8.56. The molecule has 26 heavy (non-hydrogen) atoms. The number of urea groups is 1. The normalized spacial score (nSPS) is 19.7. The van der Waals surface area contributed by atoms with Crippen molar-refractivity contribution in [2.75, 3.05) is 19.6 Å². The number of amides is 4. The maximum absolute atomic E-state index is 12.5. The van der Waals surface area contributed by atoms with Crippen LogP contribution in [-0.4, -0.2) is 52.4 Å². The Hall–Kier alpha value is -2.54. The van der Waals surface area contributed by atoms with Crippen LogP contribution in [0.3, 0.4) is 0 Å². The van der Waals surface area contributed by atoms with Crippen molar-refractivity contribution in [3.05, 3.63) is 34.5 Å². The lowest BCUT2D eigenvalue weighted by Crippen LogP contribution is -2.43. The lowest BCUT2D eigenvalue weighted by atomic mass is 10.1. The molecular weight excluding hydrogens is 358 g/mol. The van der Waals surface area contributed by atoms with Gasteiger partial charge in [0.25, 0.3) is 5.91 Å². The first-order chi connectivity index (χ1) is 12.5. The maximum atomic E-state index is 12.5. The van der Waals surface area contributed by atoms with Crippen LogP contribution in [0.5, 0.6) is 5.75 Å². The van der Waals surface area contributed by atoms with E-state index in [0.29, 0.717) is 23.7 Å². The van der Waals surface area contributed by atoms with Gasteiger partial charge in [-0.25, -0.2) is 9.69 Å². The van der Waals surface area contributed by atoms with Crippen molar-refractivity contribution in [3.8, 4) is 5.75 Å². The quantitative estimate of drug-likeness (QED) is 0.625. The van der Waals surface area contributed by atoms with Crippen molar-refractivity contribution < 1.29 is 19.5 Å². The zero-order valence-electron chi connectivity index (χ0n) is 14.2. The standard InChI is InChI=1S/C18H20ClN3O4/c19-13-5-6-15(23)12(9-13)10-14-17(25)22(18(26)20-14)11-16(24)21-7-3-1-2-4-8-21/h5-6,9-10,23H,1-4,7-8,11H2,(H,20,26)/b14-10-. The van der Waals surface area contributed by atoms with Crippen molar-refractivity contribution in [2.24, 2.45) is 0 Å². The zero-order chi connectivity index (χ0) is 18.7. The third kappa shape index (κ3) is 3.99. The van der Waals surface area contributed by atoms with E-state index in [2.05, 4.69) is 5.32 Å². The van der Waals surface area contributed by atoms with E-state index in [0.717, 1.165) is 30.6 Å². The maximum Gasteiger partial charge on any atom is 0.329 e. The van der Waals surface area contributed by atoms with Crippen molar-refractivity contribution >= 4 is 35.5 Å². The van der Waals surface area contributed by atoms with E-state index in [9.17, 15) is 19.5 Å². The molecule has 2 fully saturated rings. The second-order valence-corrected chi connectivity index (χ2v) is 6.81. The summed E-state index contributed by atoms with van der Waals surface area (Å²) in [7, 11) is 0. The molecule has 3 rings (SSSR count). The lowest BCUT2D eigenvalue weighted by Gasteiger charge is -2.22. The summed E-state index contributed by atoms with van der Waals surface area (Å²) in [6.45, 7) is 1.02. The minimum absolute atomic E-state index is 0.00349. The van der Waals surface area contributed by atoms with Crippen LogP contribution in [0.1, 0.15) is 31.2 Å². The minimum atomic E-state index is -0.647. The van der Waals surface area contributed by atoms with E-state index in [1.165, 1.54) is 24.3 Å². The summed E-state index contributed by atoms with van der Waals surface area (Å²) < 4.78 is 0. The second kappa shape index (κ2) is 7.78. The molecule has 2 aliphatic heterocycles. The molecule has 0 spiro atoms. The van der Waals surface area contributed by atoms with E-state index in [1.807, 2.05) is 0 Å². The van der Waals surface area contributed by atoms with Gasteiger partial charge in [0.05, 0.1) is 0 Å². The van der Waals surface area contributed by atoms with Crippen molar-refractivity contribution in [3.63, 3.8) is 0 Å². The average Bonchev–Trinajstić information content (AvgIpc) is 2.82. The molecule has 138 valence electrons. The molecule has 0 atom stereocenters. The summed E-state index contributed by atoms with van der Waals surface area (Å²) in [6.07, 6.45) is 5.39. The van der Waals surface area contributed by atoms with E-state index < -0.39 is 11.9 Å². The van der Waals surface area contributed by atoms with Crippen LogP contribution in [0.15, 0.2) is 23.9 Å². The highest BCUT2D eigenvalue weighted by atomic mass is 35.5. The molecule has 4 amide bonds.